The molecule has 2 saturated heterocycles. The number of benzene rings is 1. The highest BCUT2D eigenvalue weighted by Gasteiger charge is 2.53. The zero-order valence-electron chi connectivity index (χ0n) is 20.4. The average molecular weight is 472 g/mol. The van der Waals surface area contributed by atoms with Crippen LogP contribution in [0.4, 0.5) is 4.39 Å². The van der Waals surface area contributed by atoms with Crippen LogP contribution in [0.25, 0.3) is 10.9 Å². The fourth-order valence-electron chi connectivity index (χ4n) is 5.51. The third-order valence-corrected chi connectivity index (χ3v) is 7.45. The highest BCUT2D eigenvalue weighted by Crippen LogP contribution is 2.43. The average Bonchev–Trinajstić information content (AvgIpc) is 3.49. The van der Waals surface area contributed by atoms with E-state index in [9.17, 15) is 18.8 Å². The van der Waals surface area contributed by atoms with Crippen LogP contribution >= 0.6 is 0 Å². The van der Waals surface area contributed by atoms with E-state index in [0.717, 1.165) is 10.9 Å². The number of H-pyrrole nitrogens is 1. The molecule has 2 aliphatic rings. The number of aromatic amines is 1. The van der Waals surface area contributed by atoms with Crippen LogP contribution < -0.4 is 10.6 Å². The van der Waals surface area contributed by atoms with Crippen LogP contribution in [0, 0.1) is 11.7 Å². The highest BCUT2D eigenvalue weighted by atomic mass is 19.1. The molecule has 3 N–H and O–H groups in total. The molecule has 8 nitrogen and oxygen atoms in total. The van der Waals surface area contributed by atoms with Gasteiger partial charge in [0.05, 0.1) is 18.1 Å². The number of nitrogens with zero attached hydrogens (tertiary/aromatic N) is 2. The van der Waals surface area contributed by atoms with Gasteiger partial charge in [0.2, 0.25) is 17.7 Å². The van der Waals surface area contributed by atoms with Gasteiger partial charge in [-0.1, -0.05) is 13.8 Å². The van der Waals surface area contributed by atoms with Crippen molar-refractivity contribution in [2.75, 3.05) is 20.1 Å². The van der Waals surface area contributed by atoms with Gasteiger partial charge in [0.1, 0.15) is 11.9 Å². The molecule has 0 bridgehead atoms. The second-order valence-corrected chi connectivity index (χ2v) is 9.83. The molecule has 1 aromatic heterocycles. The molecule has 0 aliphatic carbocycles. The number of rotatable bonds is 6. The van der Waals surface area contributed by atoms with E-state index in [1.54, 1.807) is 27.0 Å². The van der Waals surface area contributed by atoms with Crippen molar-refractivity contribution in [2.24, 2.45) is 5.92 Å². The minimum absolute atomic E-state index is 0.0192. The van der Waals surface area contributed by atoms with Crippen molar-refractivity contribution in [3.05, 3.63) is 35.8 Å². The van der Waals surface area contributed by atoms with Gasteiger partial charge in [-0.05, 0) is 50.1 Å². The van der Waals surface area contributed by atoms with Gasteiger partial charge in [-0.3, -0.25) is 14.4 Å². The summed E-state index contributed by atoms with van der Waals surface area (Å²) in [7, 11) is 1.70. The molecule has 2 aliphatic heterocycles. The van der Waals surface area contributed by atoms with Gasteiger partial charge < -0.3 is 25.4 Å². The Bertz CT molecular complexity index is 1100. The zero-order valence-corrected chi connectivity index (χ0v) is 20.4. The molecule has 3 amide bonds. The number of likely N-dealkylation sites (tertiary alicyclic amines) is 2. The van der Waals surface area contributed by atoms with Crippen LogP contribution in [0.5, 0.6) is 0 Å². The molecule has 0 radical (unpaired) electrons. The summed E-state index contributed by atoms with van der Waals surface area (Å²) in [6.45, 7) is 8.16. The number of hydrogen-bond acceptors (Lipinski definition) is 4. The Morgan fingerprint density at radius 2 is 1.91 bits per heavy atom. The van der Waals surface area contributed by atoms with Crippen LogP contribution in [0.15, 0.2) is 24.4 Å². The van der Waals surface area contributed by atoms with E-state index in [1.165, 1.54) is 12.1 Å². The standard InChI is InChI=1S/C25H34FN5O3/c1-13(2)22(29-24(33)14(3)27-5)25(34)30-9-8-21-23(30)19(12-31(21)15(4)32)18-11-28-20-10-16(26)6-7-17(18)20/h6-7,10-11,13-14,19,21-23,27-28H,8-9,12H2,1-5H3,(H,29,33)/t14-,19+,21+,22-,23+/m0/s1. The Balaban J connectivity index is 1.68. The number of nitrogens with one attached hydrogen (secondary N) is 3. The first-order valence-electron chi connectivity index (χ1n) is 12.0. The van der Waals surface area contributed by atoms with Crippen LogP contribution in [0.2, 0.25) is 0 Å². The number of likely N-dealkylation sites (N-methyl/N-ethyl adjacent to an activating group) is 1. The van der Waals surface area contributed by atoms with E-state index in [-0.39, 0.29) is 47.5 Å². The lowest BCUT2D eigenvalue weighted by Gasteiger charge is -2.33. The smallest absolute Gasteiger partial charge is 0.245 e. The van der Waals surface area contributed by atoms with Gasteiger partial charge in [-0.25, -0.2) is 4.39 Å². The zero-order chi connectivity index (χ0) is 24.7. The maximum absolute atomic E-state index is 13.8. The van der Waals surface area contributed by atoms with Crippen molar-refractivity contribution in [1.29, 1.82) is 0 Å². The van der Waals surface area contributed by atoms with E-state index < -0.39 is 12.1 Å². The minimum atomic E-state index is -0.661. The topological polar surface area (TPSA) is 97.5 Å². The third kappa shape index (κ3) is 4.17. The summed E-state index contributed by atoms with van der Waals surface area (Å²) >= 11 is 0. The summed E-state index contributed by atoms with van der Waals surface area (Å²) in [4.78, 5) is 45.7. The molecule has 5 atom stereocenters. The van der Waals surface area contributed by atoms with Gasteiger partial charge in [0, 0.05) is 43.0 Å². The molecule has 184 valence electrons. The summed E-state index contributed by atoms with van der Waals surface area (Å²) in [6, 6.07) is 3.26. The molecule has 9 heteroatoms. The maximum atomic E-state index is 13.8. The van der Waals surface area contributed by atoms with Crippen LogP contribution in [-0.2, 0) is 14.4 Å². The normalized spacial score (nSPS) is 23.9. The number of amides is 3. The number of carbonyl (C=O) groups excluding carboxylic acids is 3. The first-order chi connectivity index (χ1) is 16.1. The number of hydrogen-bond donors (Lipinski definition) is 3. The first kappa shape index (κ1) is 24.2. The monoisotopic (exact) mass is 471 g/mol. The predicted octanol–water partition coefficient (Wildman–Crippen LogP) is 1.97. The van der Waals surface area contributed by atoms with Gasteiger partial charge >= 0.3 is 0 Å². The van der Waals surface area contributed by atoms with Gasteiger partial charge in [0.25, 0.3) is 0 Å². The highest BCUT2D eigenvalue weighted by molar-refractivity contribution is 5.91. The van der Waals surface area contributed by atoms with E-state index in [1.807, 2.05) is 29.8 Å². The number of carbonyl (C=O) groups is 3. The Kier molecular flexibility index (Phi) is 6.66. The lowest BCUT2D eigenvalue weighted by Crippen LogP contribution is -2.56. The Hall–Kier alpha value is -2.94. The summed E-state index contributed by atoms with van der Waals surface area (Å²) in [5, 5.41) is 6.72. The van der Waals surface area contributed by atoms with Crippen molar-refractivity contribution >= 4 is 28.6 Å². The lowest BCUT2D eigenvalue weighted by molar-refractivity contribution is -0.139. The maximum Gasteiger partial charge on any atom is 0.245 e. The molecular weight excluding hydrogens is 437 g/mol. The molecule has 0 saturated carbocycles. The van der Waals surface area contributed by atoms with E-state index in [2.05, 4.69) is 15.6 Å². The Morgan fingerprint density at radius 3 is 2.56 bits per heavy atom. The van der Waals surface area contributed by atoms with Crippen molar-refractivity contribution < 1.29 is 18.8 Å². The van der Waals surface area contributed by atoms with Gasteiger partial charge in [-0.2, -0.15) is 0 Å². The van der Waals surface area contributed by atoms with Crippen molar-refractivity contribution in [3.8, 4) is 0 Å². The van der Waals surface area contributed by atoms with Crippen LogP contribution in [0.1, 0.15) is 45.6 Å². The summed E-state index contributed by atoms with van der Waals surface area (Å²) in [5.41, 5.74) is 1.67. The number of halogens is 1. The van der Waals surface area contributed by atoms with E-state index >= 15 is 0 Å². The molecule has 2 fully saturated rings. The van der Waals surface area contributed by atoms with Crippen LogP contribution in [-0.4, -0.2) is 76.8 Å². The minimum Gasteiger partial charge on any atom is -0.361 e. The fourth-order valence-corrected chi connectivity index (χ4v) is 5.51. The van der Waals surface area contributed by atoms with Crippen LogP contribution in [0.3, 0.4) is 0 Å². The molecule has 3 heterocycles. The summed E-state index contributed by atoms with van der Waals surface area (Å²) in [6.07, 6.45) is 2.56. The first-order valence-corrected chi connectivity index (χ1v) is 12.0. The molecule has 1 aromatic carbocycles. The number of fused-ring (bicyclic) bond motifs is 2. The molecule has 0 spiro atoms. The molecule has 4 rings (SSSR count). The molecule has 0 unspecified atom stereocenters. The second-order valence-electron chi connectivity index (χ2n) is 9.83. The molecule has 2 aromatic rings. The lowest BCUT2D eigenvalue weighted by atomic mass is 9.90. The van der Waals surface area contributed by atoms with Crippen molar-refractivity contribution in [2.45, 2.75) is 64.2 Å². The Morgan fingerprint density at radius 1 is 1.18 bits per heavy atom. The van der Waals surface area contributed by atoms with Gasteiger partial charge in [0.15, 0.2) is 0 Å². The molecule has 34 heavy (non-hydrogen) atoms. The largest absolute Gasteiger partial charge is 0.361 e. The van der Waals surface area contributed by atoms with E-state index in [0.29, 0.717) is 25.0 Å². The predicted molar refractivity (Wildman–Crippen MR) is 128 cm³/mol. The number of aromatic nitrogens is 1. The summed E-state index contributed by atoms with van der Waals surface area (Å²) < 4.78 is 13.8. The van der Waals surface area contributed by atoms with Crippen molar-refractivity contribution in [3.63, 3.8) is 0 Å². The second kappa shape index (κ2) is 9.37. The fraction of sp³-hybridized carbons (Fsp3) is 0.560. The van der Waals surface area contributed by atoms with Gasteiger partial charge in [-0.15, -0.1) is 0 Å². The van der Waals surface area contributed by atoms with E-state index in [4.69, 9.17) is 0 Å². The third-order valence-electron chi connectivity index (χ3n) is 7.45. The molecular formula is C25H34FN5O3. The Labute approximate surface area is 199 Å². The summed E-state index contributed by atoms with van der Waals surface area (Å²) in [5.74, 6) is -0.898. The SMILES string of the molecule is CN[C@@H](C)C(=O)N[C@H](C(=O)N1CC[C@@H]2[C@H]1[C@@H](c1c[nH]c3cc(F)ccc13)CN2C(C)=O)C(C)C. The van der Waals surface area contributed by atoms with Crippen molar-refractivity contribution in [1.82, 2.24) is 25.4 Å². The quantitative estimate of drug-likeness (QED) is 0.600.